The quantitative estimate of drug-likeness (QED) is 0.228. The highest BCUT2D eigenvalue weighted by Crippen LogP contribution is 2.42. The molecule has 2 heterocycles. The summed E-state index contributed by atoms with van der Waals surface area (Å²) in [6.07, 6.45) is -1.92. The van der Waals surface area contributed by atoms with Crippen LogP contribution in [0.2, 0.25) is 0 Å². The summed E-state index contributed by atoms with van der Waals surface area (Å²) in [4.78, 5) is 17.4. The lowest BCUT2D eigenvalue weighted by Crippen LogP contribution is -2.62. The van der Waals surface area contributed by atoms with Crippen molar-refractivity contribution in [3.63, 3.8) is 0 Å². The predicted octanol–water partition coefficient (Wildman–Crippen LogP) is 1.21. The summed E-state index contributed by atoms with van der Waals surface area (Å²) in [7, 11) is 2.71. The molecule has 33 heavy (non-hydrogen) atoms. The molecule has 0 bridgehead atoms. The Morgan fingerprint density at radius 1 is 1.27 bits per heavy atom. The highest BCUT2D eigenvalue weighted by Gasteiger charge is 2.52. The molecule has 0 amide bonds. The van der Waals surface area contributed by atoms with Crippen LogP contribution in [0.3, 0.4) is 0 Å². The summed E-state index contributed by atoms with van der Waals surface area (Å²) in [6, 6.07) is 3.34. The van der Waals surface area contributed by atoms with Gasteiger partial charge in [0.15, 0.2) is 0 Å². The van der Waals surface area contributed by atoms with Crippen molar-refractivity contribution in [2.24, 2.45) is 5.16 Å². The second kappa shape index (κ2) is 10.0. The average molecular weight is 463 g/mol. The maximum absolute atomic E-state index is 12.7. The van der Waals surface area contributed by atoms with E-state index in [1.54, 1.807) is 26.0 Å². The lowest BCUT2D eigenvalue weighted by Gasteiger charge is -2.48. The van der Waals surface area contributed by atoms with Crippen LogP contribution in [-0.4, -0.2) is 72.9 Å². The Balaban J connectivity index is 2.18. The monoisotopic (exact) mass is 463 g/mol. The fourth-order valence-corrected chi connectivity index (χ4v) is 4.14. The molecule has 1 saturated heterocycles. The predicted molar refractivity (Wildman–Crippen MR) is 120 cm³/mol. The molecular formula is C23H29NO9. The van der Waals surface area contributed by atoms with Crippen LogP contribution in [0, 0.1) is 6.92 Å². The topological polar surface area (TPSA) is 140 Å². The van der Waals surface area contributed by atoms with E-state index in [1.165, 1.54) is 26.5 Å². The van der Waals surface area contributed by atoms with Crippen LogP contribution in [0.15, 0.2) is 39.2 Å². The van der Waals surface area contributed by atoms with Crippen molar-refractivity contribution in [3.05, 3.63) is 51.9 Å². The first-order valence-corrected chi connectivity index (χ1v) is 10.3. The molecule has 10 heteroatoms. The van der Waals surface area contributed by atoms with Gasteiger partial charge in [-0.15, -0.1) is 0 Å². The Morgan fingerprint density at radius 3 is 2.61 bits per heavy atom. The summed E-state index contributed by atoms with van der Waals surface area (Å²) >= 11 is 0. The summed E-state index contributed by atoms with van der Waals surface area (Å²) in [5.74, 6) is 0.237. The molecule has 1 aliphatic heterocycles. The molecular weight excluding hydrogens is 434 g/mol. The third-order valence-corrected chi connectivity index (χ3v) is 5.83. The maximum atomic E-state index is 12.7. The number of hydrogen-bond acceptors (Lipinski definition) is 10. The van der Waals surface area contributed by atoms with Crippen molar-refractivity contribution in [2.45, 2.75) is 43.9 Å². The molecule has 0 unspecified atom stereocenters. The highest BCUT2D eigenvalue weighted by atomic mass is 16.6. The SMILES string of the molecule is C=CCOc1c(C=NOC)c(=O)oc2c(C)c([C@@H]3O[C@](C)(CO)[C@H](OC)[C@H](O)[C@H]3O)ccc12. The van der Waals surface area contributed by atoms with Crippen molar-refractivity contribution in [1.82, 2.24) is 0 Å². The second-order valence-electron chi connectivity index (χ2n) is 7.95. The van der Waals surface area contributed by atoms with Gasteiger partial charge in [-0.1, -0.05) is 23.9 Å². The van der Waals surface area contributed by atoms with E-state index in [1.807, 2.05) is 0 Å². The molecule has 1 fully saturated rings. The van der Waals surface area contributed by atoms with Gasteiger partial charge in [0.1, 0.15) is 60.6 Å². The zero-order valence-corrected chi connectivity index (χ0v) is 19.0. The van der Waals surface area contributed by atoms with Crippen molar-refractivity contribution >= 4 is 17.2 Å². The van der Waals surface area contributed by atoms with Gasteiger partial charge in [0.25, 0.3) is 0 Å². The van der Waals surface area contributed by atoms with Crippen LogP contribution >= 0.6 is 0 Å². The van der Waals surface area contributed by atoms with E-state index >= 15 is 0 Å². The van der Waals surface area contributed by atoms with Crippen molar-refractivity contribution in [3.8, 4) is 5.75 Å². The lowest BCUT2D eigenvalue weighted by atomic mass is 9.83. The smallest absolute Gasteiger partial charge is 0.349 e. The molecule has 180 valence electrons. The van der Waals surface area contributed by atoms with Crippen LogP contribution < -0.4 is 10.4 Å². The Labute approximate surface area is 190 Å². The number of aliphatic hydroxyl groups is 3. The van der Waals surface area contributed by atoms with Crippen LogP contribution in [0.4, 0.5) is 0 Å². The first-order valence-electron chi connectivity index (χ1n) is 10.3. The van der Waals surface area contributed by atoms with Gasteiger partial charge in [-0.05, 0) is 31.0 Å². The number of aliphatic hydroxyl groups excluding tert-OH is 3. The Morgan fingerprint density at radius 2 is 2.00 bits per heavy atom. The summed E-state index contributed by atoms with van der Waals surface area (Å²) in [5, 5.41) is 35.5. The third kappa shape index (κ3) is 4.40. The van der Waals surface area contributed by atoms with Crippen LogP contribution in [0.5, 0.6) is 5.75 Å². The van der Waals surface area contributed by atoms with E-state index in [0.717, 1.165) is 0 Å². The highest BCUT2D eigenvalue weighted by molar-refractivity contribution is 5.95. The van der Waals surface area contributed by atoms with E-state index < -0.39 is 42.2 Å². The first-order chi connectivity index (χ1) is 15.7. The molecule has 3 rings (SSSR count). The lowest BCUT2D eigenvalue weighted by molar-refractivity contribution is -0.279. The molecule has 0 radical (unpaired) electrons. The van der Waals surface area contributed by atoms with Crippen molar-refractivity contribution in [1.29, 1.82) is 0 Å². The van der Waals surface area contributed by atoms with E-state index in [4.69, 9.17) is 18.6 Å². The summed E-state index contributed by atoms with van der Waals surface area (Å²) in [6.45, 7) is 6.60. The number of aryl methyl sites for hydroxylation is 1. The van der Waals surface area contributed by atoms with Crippen molar-refractivity contribution < 1.29 is 38.8 Å². The van der Waals surface area contributed by atoms with Gasteiger partial charge in [-0.25, -0.2) is 4.79 Å². The number of benzene rings is 1. The molecule has 0 aliphatic carbocycles. The Kier molecular flexibility index (Phi) is 7.55. The average Bonchev–Trinajstić information content (AvgIpc) is 2.80. The Hall–Kier alpha value is -2.76. The fraction of sp³-hybridized carbons (Fsp3) is 0.478. The normalized spacial score (nSPS) is 27.7. The number of methoxy groups -OCH3 is 1. The minimum atomic E-state index is -1.36. The van der Waals surface area contributed by atoms with Gasteiger partial charge in [0, 0.05) is 7.11 Å². The maximum Gasteiger partial charge on any atom is 0.349 e. The molecule has 0 spiro atoms. The van der Waals surface area contributed by atoms with Gasteiger partial charge in [-0.2, -0.15) is 0 Å². The van der Waals surface area contributed by atoms with Crippen LogP contribution in [0.1, 0.15) is 29.7 Å². The van der Waals surface area contributed by atoms with E-state index in [0.29, 0.717) is 16.5 Å². The molecule has 3 N–H and O–H groups in total. The van der Waals surface area contributed by atoms with E-state index in [2.05, 4.69) is 16.6 Å². The van der Waals surface area contributed by atoms with Crippen molar-refractivity contribution in [2.75, 3.05) is 27.4 Å². The zero-order chi connectivity index (χ0) is 24.3. The fourth-order valence-electron chi connectivity index (χ4n) is 4.14. The largest absolute Gasteiger partial charge is 0.488 e. The number of ether oxygens (including phenoxy) is 3. The molecule has 1 aromatic carbocycles. The van der Waals surface area contributed by atoms with Gasteiger partial charge in [0.2, 0.25) is 0 Å². The van der Waals surface area contributed by atoms with Gasteiger partial charge in [0.05, 0.1) is 18.2 Å². The molecule has 2 aromatic rings. The van der Waals surface area contributed by atoms with Crippen LogP contribution in [-0.2, 0) is 14.3 Å². The Bertz CT molecular complexity index is 1100. The molecule has 1 aromatic heterocycles. The van der Waals surface area contributed by atoms with Gasteiger partial charge >= 0.3 is 5.63 Å². The van der Waals surface area contributed by atoms with Gasteiger partial charge < -0.3 is 38.8 Å². The zero-order valence-electron chi connectivity index (χ0n) is 19.0. The van der Waals surface area contributed by atoms with Crippen LogP contribution in [0.25, 0.3) is 11.0 Å². The minimum Gasteiger partial charge on any atom is -0.488 e. The van der Waals surface area contributed by atoms with Gasteiger partial charge in [-0.3, -0.25) is 0 Å². The number of hydrogen-bond donors (Lipinski definition) is 3. The summed E-state index contributed by atoms with van der Waals surface area (Å²) < 4.78 is 22.6. The molecule has 5 atom stereocenters. The van der Waals surface area contributed by atoms with E-state index in [-0.39, 0.29) is 23.5 Å². The summed E-state index contributed by atoms with van der Waals surface area (Å²) in [5.41, 5.74) is -0.726. The van der Waals surface area contributed by atoms with E-state index in [9.17, 15) is 20.1 Å². The number of nitrogens with zero attached hydrogens (tertiary/aromatic N) is 1. The third-order valence-electron chi connectivity index (χ3n) is 5.83. The first kappa shape index (κ1) is 24.9. The molecule has 0 saturated carbocycles. The molecule has 1 aliphatic rings. The second-order valence-corrected chi connectivity index (χ2v) is 7.95. The molecule has 10 nitrogen and oxygen atoms in total. The number of rotatable bonds is 8. The standard InChI is InChI=1S/C23H29NO9/c1-6-9-31-19-14-8-7-13(12(2)18(14)32-22(28)15(19)10-24-30-5)20-16(26)17(27)21(29-4)23(3,11-25)33-20/h6-8,10,16-17,20-21,25-27H,1,9,11H2,2-5H3/t16-,17-,20+,21-,23-/m1/s1. The number of fused-ring (bicyclic) bond motifs is 1. The minimum absolute atomic E-state index is 0.0681. The number of oxime groups is 1.